The zero-order valence-electron chi connectivity index (χ0n) is 13.3. The van der Waals surface area contributed by atoms with Crippen molar-refractivity contribution in [1.82, 2.24) is 29.7 Å². The number of hydrogen-bond acceptors (Lipinski definition) is 4. The van der Waals surface area contributed by atoms with Crippen LogP contribution in [0, 0.1) is 6.92 Å². The van der Waals surface area contributed by atoms with E-state index in [1.807, 2.05) is 0 Å². The van der Waals surface area contributed by atoms with Gasteiger partial charge in [-0.25, -0.2) is 9.50 Å². The summed E-state index contributed by atoms with van der Waals surface area (Å²) < 4.78 is 40.6. The summed E-state index contributed by atoms with van der Waals surface area (Å²) in [7, 11) is 0. The van der Waals surface area contributed by atoms with Gasteiger partial charge in [0.25, 0.3) is 5.91 Å². The average Bonchev–Trinajstić information content (AvgIpc) is 3.14. The molecular formula is C15H15F3N6O. The third-order valence-corrected chi connectivity index (χ3v) is 3.57. The van der Waals surface area contributed by atoms with Crippen LogP contribution in [0.1, 0.15) is 28.3 Å². The lowest BCUT2D eigenvalue weighted by Gasteiger charge is -2.06. The Balaban J connectivity index is 1.53. The van der Waals surface area contributed by atoms with Gasteiger partial charge in [0.15, 0.2) is 17.0 Å². The van der Waals surface area contributed by atoms with Gasteiger partial charge in [-0.15, -0.1) is 0 Å². The number of rotatable bonds is 5. The Labute approximate surface area is 140 Å². The van der Waals surface area contributed by atoms with Crippen molar-refractivity contribution in [2.75, 3.05) is 6.54 Å². The molecule has 0 unspecified atom stereocenters. The molecule has 10 heteroatoms. The molecule has 3 heterocycles. The maximum Gasteiger partial charge on any atom is 0.435 e. The zero-order valence-corrected chi connectivity index (χ0v) is 13.3. The quantitative estimate of drug-likeness (QED) is 0.713. The highest BCUT2D eigenvalue weighted by atomic mass is 19.4. The molecule has 3 aromatic rings. The van der Waals surface area contributed by atoms with Crippen molar-refractivity contribution < 1.29 is 18.0 Å². The molecular weight excluding hydrogens is 337 g/mol. The van der Waals surface area contributed by atoms with E-state index in [0.29, 0.717) is 24.3 Å². The van der Waals surface area contributed by atoms with Gasteiger partial charge in [0, 0.05) is 37.2 Å². The molecule has 1 N–H and O–H groups in total. The summed E-state index contributed by atoms with van der Waals surface area (Å²) in [6.07, 6.45) is -0.739. The fourth-order valence-corrected chi connectivity index (χ4v) is 2.34. The van der Waals surface area contributed by atoms with Crippen molar-refractivity contribution in [1.29, 1.82) is 0 Å². The highest BCUT2D eigenvalue weighted by Crippen LogP contribution is 2.28. The number of nitrogens with zero attached hydrogens (tertiary/aromatic N) is 5. The van der Waals surface area contributed by atoms with Gasteiger partial charge < -0.3 is 5.32 Å². The number of amides is 1. The van der Waals surface area contributed by atoms with Crippen LogP contribution in [0.5, 0.6) is 0 Å². The number of nitrogens with one attached hydrogen (secondary N) is 1. The molecule has 0 spiro atoms. The van der Waals surface area contributed by atoms with Gasteiger partial charge >= 0.3 is 6.18 Å². The van der Waals surface area contributed by atoms with Crippen molar-refractivity contribution in [2.45, 2.75) is 26.1 Å². The van der Waals surface area contributed by atoms with Crippen LogP contribution in [0.4, 0.5) is 13.2 Å². The summed E-state index contributed by atoms with van der Waals surface area (Å²) in [5.74, 6) is -0.362. The van der Waals surface area contributed by atoms with E-state index in [0.717, 1.165) is 6.07 Å². The van der Waals surface area contributed by atoms with Crippen molar-refractivity contribution in [3.8, 4) is 0 Å². The van der Waals surface area contributed by atoms with E-state index >= 15 is 0 Å². The first-order chi connectivity index (χ1) is 11.8. The largest absolute Gasteiger partial charge is 0.435 e. The zero-order chi connectivity index (χ0) is 18.0. The van der Waals surface area contributed by atoms with Crippen LogP contribution < -0.4 is 5.32 Å². The lowest BCUT2D eigenvalue weighted by molar-refractivity contribution is -0.141. The van der Waals surface area contributed by atoms with Gasteiger partial charge in [-0.1, -0.05) is 0 Å². The Hall–Kier alpha value is -2.91. The maximum absolute atomic E-state index is 12.6. The number of alkyl halides is 3. The average molecular weight is 352 g/mol. The molecule has 7 nitrogen and oxygen atoms in total. The third-order valence-electron chi connectivity index (χ3n) is 3.57. The molecule has 0 aliphatic heterocycles. The molecule has 0 aromatic carbocycles. The van der Waals surface area contributed by atoms with Crippen LogP contribution in [0.25, 0.3) is 5.65 Å². The molecule has 0 aliphatic carbocycles. The van der Waals surface area contributed by atoms with Gasteiger partial charge in [0.1, 0.15) is 0 Å². The summed E-state index contributed by atoms with van der Waals surface area (Å²) in [4.78, 5) is 16.1. The minimum absolute atomic E-state index is 0.230. The van der Waals surface area contributed by atoms with Crippen LogP contribution in [-0.4, -0.2) is 36.8 Å². The molecule has 0 radical (unpaired) electrons. The predicted octanol–water partition coefficient (Wildman–Crippen LogP) is 2.07. The van der Waals surface area contributed by atoms with E-state index in [2.05, 4.69) is 20.5 Å². The molecule has 0 saturated heterocycles. The van der Waals surface area contributed by atoms with Crippen LogP contribution >= 0.6 is 0 Å². The summed E-state index contributed by atoms with van der Waals surface area (Å²) >= 11 is 0. The van der Waals surface area contributed by atoms with E-state index in [1.54, 1.807) is 31.5 Å². The first-order valence-electron chi connectivity index (χ1n) is 7.55. The Morgan fingerprint density at radius 1 is 1.28 bits per heavy atom. The normalized spacial score (nSPS) is 11.8. The number of halogens is 3. The maximum atomic E-state index is 12.6. The minimum atomic E-state index is -4.46. The van der Waals surface area contributed by atoms with Crippen LogP contribution in [0.2, 0.25) is 0 Å². The van der Waals surface area contributed by atoms with Crippen molar-refractivity contribution >= 4 is 11.6 Å². The van der Waals surface area contributed by atoms with E-state index in [-0.39, 0.29) is 18.1 Å². The first-order valence-corrected chi connectivity index (χ1v) is 7.55. The standard InChI is InChI=1S/C15H15F3N6O/c1-10-8-12(15(16,17)18)22-23(10)6-3-5-20-14(25)11-9-13-19-4-2-7-24(13)21-11/h2,4,7-9H,3,5-6H2,1H3,(H,20,25). The molecule has 1 amide bonds. The Kier molecular flexibility index (Phi) is 4.43. The highest BCUT2D eigenvalue weighted by molar-refractivity contribution is 5.93. The lowest BCUT2D eigenvalue weighted by Crippen LogP contribution is -2.26. The number of carbonyl (C=O) groups is 1. The topological polar surface area (TPSA) is 77.1 Å². The Bertz CT molecular complexity index is 865. The first kappa shape index (κ1) is 16.9. The fraction of sp³-hybridized carbons (Fsp3) is 0.333. The molecule has 3 rings (SSSR count). The third kappa shape index (κ3) is 3.78. The number of aromatic nitrogens is 5. The van der Waals surface area contributed by atoms with Crippen molar-refractivity contribution in [3.63, 3.8) is 0 Å². The molecule has 25 heavy (non-hydrogen) atoms. The second-order valence-electron chi connectivity index (χ2n) is 5.45. The SMILES string of the molecule is Cc1cc(C(F)(F)F)nn1CCCNC(=O)c1cc2ncccn2n1. The second kappa shape index (κ2) is 6.54. The van der Waals surface area contributed by atoms with Crippen molar-refractivity contribution in [2.24, 2.45) is 0 Å². The van der Waals surface area contributed by atoms with Gasteiger partial charge in [-0.2, -0.15) is 23.4 Å². The molecule has 0 saturated carbocycles. The van der Waals surface area contributed by atoms with Gasteiger partial charge in [-0.3, -0.25) is 9.48 Å². The predicted molar refractivity (Wildman–Crippen MR) is 81.9 cm³/mol. The molecule has 132 valence electrons. The number of carbonyl (C=O) groups excluding carboxylic acids is 1. The molecule has 0 aliphatic rings. The monoisotopic (exact) mass is 352 g/mol. The smallest absolute Gasteiger partial charge is 0.351 e. The van der Waals surface area contributed by atoms with E-state index in [9.17, 15) is 18.0 Å². The summed E-state index contributed by atoms with van der Waals surface area (Å²) in [6.45, 7) is 2.13. The van der Waals surface area contributed by atoms with Crippen LogP contribution in [0.15, 0.2) is 30.6 Å². The number of aryl methyl sites for hydroxylation is 2. The Morgan fingerprint density at radius 3 is 2.76 bits per heavy atom. The summed E-state index contributed by atoms with van der Waals surface area (Å²) in [6, 6.07) is 4.26. The number of hydrogen-bond donors (Lipinski definition) is 1. The van der Waals surface area contributed by atoms with Gasteiger partial charge in [-0.05, 0) is 25.5 Å². The summed E-state index contributed by atoms with van der Waals surface area (Å²) in [5.41, 5.74) is 0.295. The number of fused-ring (bicyclic) bond motifs is 1. The second-order valence-corrected chi connectivity index (χ2v) is 5.45. The van der Waals surface area contributed by atoms with Crippen LogP contribution in [-0.2, 0) is 12.7 Å². The van der Waals surface area contributed by atoms with Gasteiger partial charge in [0.2, 0.25) is 0 Å². The highest BCUT2D eigenvalue weighted by Gasteiger charge is 2.34. The molecule has 3 aromatic heterocycles. The fourth-order valence-electron chi connectivity index (χ4n) is 2.34. The van der Waals surface area contributed by atoms with E-state index < -0.39 is 11.9 Å². The minimum Gasteiger partial charge on any atom is -0.351 e. The lowest BCUT2D eigenvalue weighted by atomic mass is 10.3. The Morgan fingerprint density at radius 2 is 2.08 bits per heavy atom. The van der Waals surface area contributed by atoms with Crippen molar-refractivity contribution in [3.05, 3.63) is 47.7 Å². The van der Waals surface area contributed by atoms with Gasteiger partial charge in [0.05, 0.1) is 0 Å². The molecule has 0 fully saturated rings. The van der Waals surface area contributed by atoms with Crippen LogP contribution in [0.3, 0.4) is 0 Å². The van der Waals surface area contributed by atoms with E-state index in [4.69, 9.17) is 0 Å². The van der Waals surface area contributed by atoms with E-state index in [1.165, 1.54) is 9.20 Å². The molecule has 0 atom stereocenters. The molecule has 0 bridgehead atoms. The summed E-state index contributed by atoms with van der Waals surface area (Å²) in [5, 5.41) is 10.3.